The second kappa shape index (κ2) is 6.13. The summed E-state index contributed by atoms with van der Waals surface area (Å²) in [5.74, 6) is 1.48. The Morgan fingerprint density at radius 1 is 0.950 bits per heavy atom. The highest BCUT2D eigenvalue weighted by Gasteiger charge is 2.27. The van der Waals surface area contributed by atoms with Crippen LogP contribution in [-0.4, -0.2) is 7.11 Å². The normalized spacial score (nSPS) is 13.0. The summed E-state index contributed by atoms with van der Waals surface area (Å²) in [6, 6.07) is 19.2. The van der Waals surface area contributed by atoms with Gasteiger partial charge in [-0.25, -0.2) is 0 Å². The van der Waals surface area contributed by atoms with Crippen LogP contribution in [0.1, 0.15) is 31.9 Å². The van der Waals surface area contributed by atoms with Gasteiger partial charge in [-0.1, -0.05) is 63.2 Å². The van der Waals surface area contributed by atoms with Crippen LogP contribution in [0.2, 0.25) is 0 Å². The van der Waals surface area contributed by atoms with Crippen LogP contribution >= 0.6 is 0 Å². The molecule has 106 valence electrons. The average molecular weight is 268 g/mol. The lowest BCUT2D eigenvalue weighted by atomic mass is 9.72. The third-order valence-corrected chi connectivity index (χ3v) is 4.45. The summed E-state index contributed by atoms with van der Waals surface area (Å²) in [6.07, 6.45) is 1.10. The number of rotatable bonds is 5. The Morgan fingerprint density at radius 2 is 1.55 bits per heavy atom. The quantitative estimate of drug-likeness (QED) is 0.753. The Hall–Kier alpha value is -1.76. The molecule has 0 N–H and O–H groups in total. The fourth-order valence-electron chi connectivity index (χ4n) is 2.53. The predicted octanol–water partition coefficient (Wildman–Crippen LogP) is 4.85. The first kappa shape index (κ1) is 14.6. The zero-order chi connectivity index (χ0) is 14.6. The summed E-state index contributed by atoms with van der Waals surface area (Å²) < 4.78 is 5.24. The summed E-state index contributed by atoms with van der Waals surface area (Å²) in [7, 11) is 1.71. The van der Waals surface area contributed by atoms with E-state index in [2.05, 4.69) is 63.2 Å². The van der Waals surface area contributed by atoms with Crippen molar-refractivity contribution in [2.45, 2.75) is 32.6 Å². The fraction of sp³-hybridized carbons (Fsp3) is 0.368. The Balaban J connectivity index is 2.15. The molecule has 0 saturated heterocycles. The van der Waals surface area contributed by atoms with Crippen LogP contribution in [0.5, 0.6) is 5.75 Å². The van der Waals surface area contributed by atoms with Crippen LogP contribution in [0.4, 0.5) is 0 Å². The number of benzene rings is 2. The Bertz CT molecular complexity index is 525. The van der Waals surface area contributed by atoms with Gasteiger partial charge >= 0.3 is 0 Å². The first-order chi connectivity index (χ1) is 9.54. The topological polar surface area (TPSA) is 9.23 Å². The average Bonchev–Trinajstić information content (AvgIpc) is 2.48. The number of hydrogen-bond donors (Lipinski definition) is 0. The molecule has 0 amide bonds. The van der Waals surface area contributed by atoms with Crippen molar-refractivity contribution >= 4 is 0 Å². The van der Waals surface area contributed by atoms with Crippen LogP contribution in [0.25, 0.3) is 0 Å². The molecule has 0 heterocycles. The predicted molar refractivity (Wildman–Crippen MR) is 85.3 cm³/mol. The Morgan fingerprint density at radius 3 is 2.10 bits per heavy atom. The zero-order valence-corrected chi connectivity index (χ0v) is 12.9. The van der Waals surface area contributed by atoms with Gasteiger partial charge in [-0.15, -0.1) is 0 Å². The third kappa shape index (κ3) is 3.22. The monoisotopic (exact) mass is 268 g/mol. The van der Waals surface area contributed by atoms with E-state index in [-0.39, 0.29) is 5.41 Å². The van der Waals surface area contributed by atoms with E-state index in [4.69, 9.17) is 4.74 Å². The largest absolute Gasteiger partial charge is 0.497 e. The van der Waals surface area contributed by atoms with Crippen LogP contribution in [0, 0.1) is 5.92 Å². The highest BCUT2D eigenvalue weighted by molar-refractivity contribution is 5.32. The van der Waals surface area contributed by atoms with E-state index in [1.165, 1.54) is 11.1 Å². The smallest absolute Gasteiger partial charge is 0.118 e. The van der Waals surface area contributed by atoms with E-state index >= 15 is 0 Å². The van der Waals surface area contributed by atoms with Gasteiger partial charge in [0.25, 0.3) is 0 Å². The second-order valence-electron chi connectivity index (χ2n) is 6.04. The molecular formula is C19H24O. The molecule has 20 heavy (non-hydrogen) atoms. The number of hydrogen-bond acceptors (Lipinski definition) is 1. The molecule has 1 heteroatoms. The van der Waals surface area contributed by atoms with Gasteiger partial charge in [-0.3, -0.25) is 0 Å². The van der Waals surface area contributed by atoms with Crippen LogP contribution in [-0.2, 0) is 11.8 Å². The van der Waals surface area contributed by atoms with Crippen molar-refractivity contribution in [3.05, 3.63) is 65.7 Å². The molecule has 0 spiro atoms. The van der Waals surface area contributed by atoms with Gasteiger partial charge in [0.15, 0.2) is 0 Å². The van der Waals surface area contributed by atoms with Crippen molar-refractivity contribution in [2.24, 2.45) is 5.92 Å². The number of methoxy groups -OCH3 is 1. The van der Waals surface area contributed by atoms with Gasteiger partial charge < -0.3 is 4.74 Å². The molecular weight excluding hydrogens is 244 g/mol. The highest BCUT2D eigenvalue weighted by atomic mass is 16.5. The lowest BCUT2D eigenvalue weighted by Crippen LogP contribution is -2.28. The molecule has 2 aromatic rings. The molecule has 0 fully saturated rings. The Labute approximate surface area is 122 Å². The van der Waals surface area contributed by atoms with E-state index in [1.54, 1.807) is 7.11 Å². The lowest BCUT2D eigenvalue weighted by Gasteiger charge is -2.33. The van der Waals surface area contributed by atoms with Crippen molar-refractivity contribution in [3.63, 3.8) is 0 Å². The maximum Gasteiger partial charge on any atom is 0.118 e. The van der Waals surface area contributed by atoms with E-state index in [0.29, 0.717) is 5.92 Å². The van der Waals surface area contributed by atoms with Crippen molar-refractivity contribution in [2.75, 3.05) is 7.11 Å². The minimum atomic E-state index is 0.141. The maximum absolute atomic E-state index is 5.24. The Kier molecular flexibility index (Phi) is 4.49. The molecule has 0 radical (unpaired) electrons. The summed E-state index contributed by atoms with van der Waals surface area (Å²) >= 11 is 0. The zero-order valence-electron chi connectivity index (χ0n) is 12.9. The van der Waals surface area contributed by atoms with Gasteiger partial charge in [0.1, 0.15) is 5.75 Å². The molecule has 1 atom stereocenters. The van der Waals surface area contributed by atoms with E-state index in [9.17, 15) is 0 Å². The van der Waals surface area contributed by atoms with Gasteiger partial charge in [-0.05, 0) is 41.0 Å². The first-order valence-corrected chi connectivity index (χ1v) is 7.22. The summed E-state index contributed by atoms with van der Waals surface area (Å²) in [4.78, 5) is 0. The van der Waals surface area contributed by atoms with Crippen LogP contribution in [0.3, 0.4) is 0 Å². The van der Waals surface area contributed by atoms with E-state index in [1.807, 2.05) is 12.1 Å². The molecule has 0 aliphatic rings. The molecule has 0 aliphatic heterocycles. The van der Waals surface area contributed by atoms with Crippen molar-refractivity contribution < 1.29 is 4.74 Å². The maximum atomic E-state index is 5.24. The lowest BCUT2D eigenvalue weighted by molar-refractivity contribution is 0.341. The molecule has 0 saturated carbocycles. The SMILES string of the molecule is COc1ccc(C(C)(C)C(C)Cc2ccccc2)cc1. The highest BCUT2D eigenvalue weighted by Crippen LogP contribution is 2.34. The van der Waals surface area contributed by atoms with Gasteiger partial charge in [-0.2, -0.15) is 0 Å². The van der Waals surface area contributed by atoms with Crippen LogP contribution in [0.15, 0.2) is 54.6 Å². The van der Waals surface area contributed by atoms with Gasteiger partial charge in [0, 0.05) is 0 Å². The summed E-state index contributed by atoms with van der Waals surface area (Å²) in [5.41, 5.74) is 2.91. The molecule has 0 aliphatic carbocycles. The first-order valence-electron chi connectivity index (χ1n) is 7.22. The number of ether oxygens (including phenoxy) is 1. The van der Waals surface area contributed by atoms with Gasteiger partial charge in [0.05, 0.1) is 7.11 Å². The van der Waals surface area contributed by atoms with E-state index in [0.717, 1.165) is 12.2 Å². The van der Waals surface area contributed by atoms with E-state index < -0.39 is 0 Å². The van der Waals surface area contributed by atoms with Crippen molar-refractivity contribution in [1.29, 1.82) is 0 Å². The summed E-state index contributed by atoms with van der Waals surface area (Å²) in [5, 5.41) is 0. The minimum Gasteiger partial charge on any atom is -0.497 e. The summed E-state index contributed by atoms with van der Waals surface area (Å²) in [6.45, 7) is 6.97. The molecule has 2 aromatic carbocycles. The standard InChI is InChI=1S/C19H24O/c1-15(14-16-8-6-5-7-9-16)19(2,3)17-10-12-18(20-4)13-11-17/h5-13,15H,14H2,1-4H3. The second-order valence-corrected chi connectivity index (χ2v) is 6.04. The molecule has 1 unspecified atom stereocenters. The minimum absolute atomic E-state index is 0.141. The van der Waals surface area contributed by atoms with Crippen LogP contribution < -0.4 is 4.74 Å². The molecule has 1 nitrogen and oxygen atoms in total. The van der Waals surface area contributed by atoms with Gasteiger partial charge in [0.2, 0.25) is 0 Å². The fourth-order valence-corrected chi connectivity index (χ4v) is 2.53. The molecule has 0 aromatic heterocycles. The van der Waals surface area contributed by atoms with Crippen molar-refractivity contribution in [1.82, 2.24) is 0 Å². The molecule has 2 rings (SSSR count). The third-order valence-electron chi connectivity index (χ3n) is 4.45. The van der Waals surface area contributed by atoms with Crippen molar-refractivity contribution in [3.8, 4) is 5.75 Å². The molecule has 0 bridgehead atoms.